The minimum Gasteiger partial charge on any atom is -0.357 e. The molecular formula is C12H24N4O2S. The summed E-state index contributed by atoms with van der Waals surface area (Å²) in [5.74, 6) is 3.25. The largest absolute Gasteiger partial charge is 0.357 e. The molecule has 0 bridgehead atoms. The molecule has 19 heavy (non-hydrogen) atoms. The highest BCUT2D eigenvalue weighted by molar-refractivity contribution is 7.89. The Kier molecular flexibility index (Phi) is 9.00. The first-order valence-electron chi connectivity index (χ1n) is 6.37. The Labute approximate surface area is 116 Å². The van der Waals surface area contributed by atoms with Crippen LogP contribution in [-0.2, 0) is 10.0 Å². The van der Waals surface area contributed by atoms with E-state index >= 15 is 0 Å². The first-order valence-corrected chi connectivity index (χ1v) is 7.98. The van der Waals surface area contributed by atoms with Crippen LogP contribution in [0.4, 0.5) is 0 Å². The van der Waals surface area contributed by atoms with Crippen LogP contribution in [0, 0.1) is 12.3 Å². The fourth-order valence-corrected chi connectivity index (χ4v) is 2.17. The van der Waals surface area contributed by atoms with Crippen LogP contribution in [0.2, 0.25) is 0 Å². The second-order valence-electron chi connectivity index (χ2n) is 3.89. The number of terminal acetylenes is 1. The number of rotatable bonds is 8. The lowest BCUT2D eigenvalue weighted by Crippen LogP contribution is -2.37. The summed E-state index contributed by atoms with van der Waals surface area (Å²) in [6.07, 6.45) is 5.83. The normalized spacial score (nSPS) is 12.3. The van der Waals surface area contributed by atoms with Crippen molar-refractivity contribution in [2.75, 3.05) is 39.0 Å². The van der Waals surface area contributed by atoms with Crippen LogP contribution in [0.15, 0.2) is 4.99 Å². The molecule has 7 heteroatoms. The molecule has 6 nitrogen and oxygen atoms in total. The molecule has 0 radical (unpaired) electrons. The molecule has 0 aromatic rings. The highest BCUT2D eigenvalue weighted by atomic mass is 32.2. The molecule has 0 aromatic carbocycles. The first-order chi connectivity index (χ1) is 8.97. The lowest BCUT2D eigenvalue weighted by atomic mass is 10.4. The quantitative estimate of drug-likeness (QED) is 0.282. The van der Waals surface area contributed by atoms with E-state index < -0.39 is 10.0 Å². The fourth-order valence-electron chi connectivity index (χ4n) is 1.32. The molecule has 0 amide bonds. The summed E-state index contributed by atoms with van der Waals surface area (Å²) in [5.41, 5.74) is 0. The Morgan fingerprint density at radius 2 is 2.05 bits per heavy atom. The van der Waals surface area contributed by atoms with Gasteiger partial charge in [-0.05, 0) is 20.3 Å². The van der Waals surface area contributed by atoms with Crippen molar-refractivity contribution in [3.05, 3.63) is 0 Å². The Hall–Kier alpha value is -1.26. The van der Waals surface area contributed by atoms with Gasteiger partial charge in [-0.3, -0.25) is 4.99 Å². The van der Waals surface area contributed by atoms with Crippen LogP contribution in [0.3, 0.4) is 0 Å². The molecule has 110 valence electrons. The molecule has 0 fully saturated rings. The topological polar surface area (TPSA) is 73.8 Å². The summed E-state index contributed by atoms with van der Waals surface area (Å²) in [4.78, 5) is 4.31. The molecule has 0 aliphatic heterocycles. The summed E-state index contributed by atoms with van der Waals surface area (Å²) in [6, 6.07) is 0. The maximum Gasteiger partial charge on any atom is 0.213 e. The van der Waals surface area contributed by atoms with Gasteiger partial charge in [0.25, 0.3) is 0 Å². The zero-order chi connectivity index (χ0) is 14.7. The van der Waals surface area contributed by atoms with Crippen LogP contribution < -0.4 is 10.6 Å². The monoisotopic (exact) mass is 288 g/mol. The number of hydrogen-bond acceptors (Lipinski definition) is 3. The van der Waals surface area contributed by atoms with Crippen molar-refractivity contribution in [3.8, 4) is 12.3 Å². The number of nitrogens with zero attached hydrogens (tertiary/aromatic N) is 2. The van der Waals surface area contributed by atoms with E-state index in [1.165, 1.54) is 4.31 Å². The third-order valence-electron chi connectivity index (χ3n) is 2.44. The van der Waals surface area contributed by atoms with Crippen LogP contribution in [0.1, 0.15) is 20.3 Å². The van der Waals surface area contributed by atoms with Gasteiger partial charge in [-0.2, -0.15) is 0 Å². The predicted octanol–water partition coefficient (Wildman–Crippen LogP) is -0.154. The molecule has 0 aromatic heterocycles. The third kappa shape index (κ3) is 7.70. The van der Waals surface area contributed by atoms with E-state index in [4.69, 9.17) is 6.42 Å². The van der Waals surface area contributed by atoms with Gasteiger partial charge in [-0.15, -0.1) is 6.42 Å². The predicted molar refractivity (Wildman–Crippen MR) is 79.5 cm³/mol. The van der Waals surface area contributed by atoms with Crippen molar-refractivity contribution < 1.29 is 8.42 Å². The van der Waals surface area contributed by atoms with Gasteiger partial charge in [0.05, 0.1) is 12.3 Å². The molecule has 0 saturated heterocycles. The average Bonchev–Trinajstić information content (AvgIpc) is 2.40. The zero-order valence-electron chi connectivity index (χ0n) is 11.9. The van der Waals surface area contributed by atoms with E-state index in [0.717, 1.165) is 6.54 Å². The smallest absolute Gasteiger partial charge is 0.213 e. The molecular weight excluding hydrogens is 264 g/mol. The molecule has 0 heterocycles. The van der Waals surface area contributed by atoms with Crippen LogP contribution in [0.25, 0.3) is 0 Å². The standard InChI is InChI=1S/C12H24N4O2S/c1-5-9-14-12(13-6-2)15-10-8-11-16(4)19(17,18)7-3/h1H,6-11H2,2-4H3,(H2,13,14,15). The van der Waals surface area contributed by atoms with Crippen molar-refractivity contribution >= 4 is 16.0 Å². The van der Waals surface area contributed by atoms with Crippen LogP contribution in [-0.4, -0.2) is 57.7 Å². The van der Waals surface area contributed by atoms with E-state index in [1.807, 2.05) is 6.92 Å². The molecule has 0 unspecified atom stereocenters. The van der Waals surface area contributed by atoms with Crippen molar-refractivity contribution in [2.24, 2.45) is 4.99 Å². The molecule has 0 saturated carbocycles. The first kappa shape index (κ1) is 17.7. The van der Waals surface area contributed by atoms with Crippen molar-refractivity contribution in [1.29, 1.82) is 0 Å². The average molecular weight is 288 g/mol. The lowest BCUT2D eigenvalue weighted by molar-refractivity contribution is 0.465. The second-order valence-corrected chi connectivity index (χ2v) is 6.26. The summed E-state index contributed by atoms with van der Waals surface area (Å²) >= 11 is 0. The number of nitrogens with one attached hydrogen (secondary N) is 2. The molecule has 0 spiro atoms. The Morgan fingerprint density at radius 1 is 1.37 bits per heavy atom. The highest BCUT2D eigenvalue weighted by Crippen LogP contribution is 1.98. The van der Waals surface area contributed by atoms with Gasteiger partial charge >= 0.3 is 0 Å². The third-order valence-corrected chi connectivity index (χ3v) is 4.30. The Balaban J connectivity index is 4.14. The summed E-state index contributed by atoms with van der Waals surface area (Å²) in [5, 5.41) is 6.03. The van der Waals surface area contributed by atoms with E-state index in [1.54, 1.807) is 14.0 Å². The van der Waals surface area contributed by atoms with Crippen LogP contribution in [0.5, 0.6) is 0 Å². The SMILES string of the molecule is C#CCNC(=NCCCN(C)S(=O)(=O)CC)NCC. The minimum absolute atomic E-state index is 0.124. The van der Waals surface area contributed by atoms with Crippen molar-refractivity contribution in [2.45, 2.75) is 20.3 Å². The minimum atomic E-state index is -3.10. The summed E-state index contributed by atoms with van der Waals surface area (Å²) in [7, 11) is -1.51. The van der Waals surface area contributed by atoms with E-state index in [2.05, 4.69) is 21.5 Å². The lowest BCUT2D eigenvalue weighted by Gasteiger charge is -2.15. The van der Waals surface area contributed by atoms with Crippen molar-refractivity contribution in [1.82, 2.24) is 14.9 Å². The number of hydrogen-bond donors (Lipinski definition) is 2. The Morgan fingerprint density at radius 3 is 2.58 bits per heavy atom. The van der Waals surface area contributed by atoms with Gasteiger partial charge in [0, 0.05) is 26.7 Å². The molecule has 0 rings (SSSR count). The number of aliphatic imine (C=N–C) groups is 1. The van der Waals surface area contributed by atoms with Gasteiger partial charge in [0.15, 0.2) is 5.96 Å². The summed E-state index contributed by atoms with van der Waals surface area (Å²) in [6.45, 7) is 5.78. The zero-order valence-corrected chi connectivity index (χ0v) is 12.8. The molecule has 0 aliphatic rings. The van der Waals surface area contributed by atoms with E-state index in [-0.39, 0.29) is 5.75 Å². The Bertz CT molecular complexity index is 412. The van der Waals surface area contributed by atoms with Gasteiger partial charge in [0.1, 0.15) is 0 Å². The van der Waals surface area contributed by atoms with Crippen LogP contribution >= 0.6 is 0 Å². The number of guanidine groups is 1. The second kappa shape index (κ2) is 9.64. The van der Waals surface area contributed by atoms with Gasteiger partial charge in [-0.1, -0.05) is 5.92 Å². The van der Waals surface area contributed by atoms with Gasteiger partial charge in [-0.25, -0.2) is 12.7 Å². The molecule has 2 N–H and O–H groups in total. The van der Waals surface area contributed by atoms with Gasteiger partial charge < -0.3 is 10.6 Å². The number of sulfonamides is 1. The van der Waals surface area contributed by atoms with Crippen molar-refractivity contribution in [3.63, 3.8) is 0 Å². The summed E-state index contributed by atoms with van der Waals surface area (Å²) < 4.78 is 24.4. The molecule has 0 aliphatic carbocycles. The fraction of sp³-hybridized carbons (Fsp3) is 0.750. The van der Waals surface area contributed by atoms with E-state index in [0.29, 0.717) is 32.0 Å². The van der Waals surface area contributed by atoms with Gasteiger partial charge in [0.2, 0.25) is 10.0 Å². The highest BCUT2D eigenvalue weighted by Gasteiger charge is 2.13. The maximum absolute atomic E-state index is 11.5. The maximum atomic E-state index is 11.5. The van der Waals surface area contributed by atoms with E-state index in [9.17, 15) is 8.42 Å². The molecule has 0 atom stereocenters.